The largest absolute Gasteiger partial charge is 0.376 e. The molecule has 2 aromatic heterocycles. The summed E-state index contributed by atoms with van der Waals surface area (Å²) >= 11 is 0. The van der Waals surface area contributed by atoms with E-state index < -0.39 is 0 Å². The number of aromatic amines is 1. The number of rotatable bonds is 4. The van der Waals surface area contributed by atoms with Gasteiger partial charge in [0.2, 0.25) is 0 Å². The summed E-state index contributed by atoms with van der Waals surface area (Å²) in [5.41, 5.74) is 2.29. The maximum Gasteiger partial charge on any atom is 0.272 e. The van der Waals surface area contributed by atoms with E-state index in [1.54, 1.807) is 6.33 Å². The summed E-state index contributed by atoms with van der Waals surface area (Å²) in [5, 5.41) is 18.2. The van der Waals surface area contributed by atoms with Crippen molar-refractivity contribution in [1.29, 1.82) is 0 Å². The number of nitrogens with zero attached hydrogens (tertiary/aromatic N) is 4. The zero-order chi connectivity index (χ0) is 16.4. The van der Waals surface area contributed by atoms with Crippen LogP contribution in [0.2, 0.25) is 0 Å². The highest BCUT2D eigenvalue weighted by atomic mass is 16.5. The van der Waals surface area contributed by atoms with Crippen LogP contribution >= 0.6 is 0 Å². The van der Waals surface area contributed by atoms with Crippen molar-refractivity contribution in [2.75, 3.05) is 6.61 Å². The fourth-order valence-electron chi connectivity index (χ4n) is 3.60. The molecule has 1 aliphatic heterocycles. The van der Waals surface area contributed by atoms with Gasteiger partial charge in [0, 0.05) is 23.7 Å². The number of amides is 1. The molecule has 3 heterocycles. The number of carbonyl (C=O) groups excluding carboxylic acids is 1. The van der Waals surface area contributed by atoms with E-state index in [-0.39, 0.29) is 5.91 Å². The van der Waals surface area contributed by atoms with Gasteiger partial charge in [-0.2, -0.15) is 5.10 Å². The van der Waals surface area contributed by atoms with Gasteiger partial charge in [-0.1, -0.05) is 19.3 Å². The van der Waals surface area contributed by atoms with Gasteiger partial charge in [-0.05, 0) is 12.8 Å². The minimum Gasteiger partial charge on any atom is -0.376 e. The molecule has 4 rings (SSSR count). The predicted molar refractivity (Wildman–Crippen MR) is 85.3 cm³/mol. The van der Waals surface area contributed by atoms with E-state index in [0.29, 0.717) is 31.5 Å². The van der Waals surface area contributed by atoms with Crippen molar-refractivity contribution in [2.45, 2.75) is 57.7 Å². The molecule has 2 aliphatic rings. The molecule has 0 bridgehead atoms. The lowest BCUT2D eigenvalue weighted by molar-refractivity contribution is 0.0921. The van der Waals surface area contributed by atoms with Gasteiger partial charge < -0.3 is 14.6 Å². The van der Waals surface area contributed by atoms with E-state index >= 15 is 0 Å². The van der Waals surface area contributed by atoms with Crippen molar-refractivity contribution in [3.8, 4) is 0 Å². The second-order valence-corrected chi connectivity index (χ2v) is 6.46. The van der Waals surface area contributed by atoms with Crippen molar-refractivity contribution in [1.82, 2.24) is 30.3 Å². The Hall–Kier alpha value is -2.22. The quantitative estimate of drug-likeness (QED) is 0.885. The monoisotopic (exact) mass is 330 g/mol. The lowest BCUT2D eigenvalue weighted by atomic mass is 9.95. The Bertz CT molecular complexity index is 716. The van der Waals surface area contributed by atoms with E-state index in [1.807, 2.05) is 0 Å². The van der Waals surface area contributed by atoms with Gasteiger partial charge in [-0.3, -0.25) is 9.89 Å². The average molecular weight is 330 g/mol. The third kappa shape index (κ3) is 2.93. The van der Waals surface area contributed by atoms with Crippen LogP contribution in [0.25, 0.3) is 0 Å². The molecule has 0 aromatic carbocycles. The minimum absolute atomic E-state index is 0.198. The summed E-state index contributed by atoms with van der Waals surface area (Å²) in [6.07, 6.45) is 8.65. The first-order chi connectivity index (χ1) is 11.8. The van der Waals surface area contributed by atoms with E-state index in [2.05, 4.69) is 30.3 Å². The van der Waals surface area contributed by atoms with Crippen molar-refractivity contribution in [3.05, 3.63) is 29.1 Å². The Morgan fingerprint density at radius 3 is 3.12 bits per heavy atom. The van der Waals surface area contributed by atoms with Gasteiger partial charge in [-0.25, -0.2) is 0 Å². The number of hydrogen-bond acceptors (Lipinski definition) is 5. The number of fused-ring (bicyclic) bond motifs is 1. The van der Waals surface area contributed by atoms with Gasteiger partial charge in [0.25, 0.3) is 5.91 Å². The maximum absolute atomic E-state index is 12.5. The maximum atomic E-state index is 12.5. The fourth-order valence-corrected chi connectivity index (χ4v) is 3.60. The van der Waals surface area contributed by atoms with Gasteiger partial charge in [0.05, 0.1) is 19.8 Å². The summed E-state index contributed by atoms with van der Waals surface area (Å²) in [7, 11) is 0. The number of ether oxygens (including phenoxy) is 1. The Balaban J connectivity index is 1.43. The van der Waals surface area contributed by atoms with Crippen LogP contribution in [0.5, 0.6) is 0 Å². The van der Waals surface area contributed by atoms with E-state index in [1.165, 1.54) is 19.3 Å². The molecule has 8 nitrogen and oxygen atoms in total. The van der Waals surface area contributed by atoms with Crippen molar-refractivity contribution in [2.24, 2.45) is 0 Å². The number of hydrogen-bond donors (Lipinski definition) is 2. The lowest BCUT2D eigenvalue weighted by Gasteiger charge is -2.24. The zero-order valence-corrected chi connectivity index (χ0v) is 13.6. The van der Waals surface area contributed by atoms with Crippen molar-refractivity contribution >= 4 is 5.91 Å². The fraction of sp³-hybridized carbons (Fsp3) is 0.625. The van der Waals surface area contributed by atoms with Crippen LogP contribution in [0.3, 0.4) is 0 Å². The first kappa shape index (κ1) is 15.3. The van der Waals surface area contributed by atoms with Gasteiger partial charge in [0.15, 0.2) is 11.5 Å². The third-order valence-corrected chi connectivity index (χ3v) is 4.93. The normalized spacial score (nSPS) is 18.3. The number of aromatic nitrogens is 5. The molecule has 2 N–H and O–H groups in total. The minimum atomic E-state index is -0.198. The second kappa shape index (κ2) is 6.72. The first-order valence-corrected chi connectivity index (χ1v) is 8.63. The Morgan fingerprint density at radius 1 is 1.38 bits per heavy atom. The molecule has 1 fully saturated rings. The molecular formula is C16H22N6O2. The molecule has 2 aromatic rings. The molecule has 0 saturated heterocycles. The highest BCUT2D eigenvalue weighted by Gasteiger charge is 2.23. The summed E-state index contributed by atoms with van der Waals surface area (Å²) in [6.45, 7) is 1.46. The van der Waals surface area contributed by atoms with Crippen LogP contribution in [0.15, 0.2) is 6.33 Å². The third-order valence-electron chi connectivity index (χ3n) is 4.93. The number of carbonyl (C=O) groups is 1. The van der Waals surface area contributed by atoms with Gasteiger partial charge in [-0.15, -0.1) is 10.2 Å². The molecule has 0 radical (unpaired) electrons. The SMILES string of the molecule is O=C(NCc1nncn1C1CCCCC1)c1n[nH]c2c1COCC2. The van der Waals surface area contributed by atoms with Gasteiger partial charge in [0.1, 0.15) is 6.33 Å². The van der Waals surface area contributed by atoms with E-state index in [4.69, 9.17) is 4.74 Å². The molecule has 1 saturated carbocycles. The highest BCUT2D eigenvalue weighted by Crippen LogP contribution is 2.28. The van der Waals surface area contributed by atoms with Crippen LogP contribution in [0, 0.1) is 0 Å². The smallest absolute Gasteiger partial charge is 0.272 e. The van der Waals surface area contributed by atoms with Gasteiger partial charge >= 0.3 is 0 Å². The Morgan fingerprint density at radius 2 is 2.25 bits per heavy atom. The lowest BCUT2D eigenvalue weighted by Crippen LogP contribution is -2.27. The predicted octanol–water partition coefficient (Wildman–Crippen LogP) is 1.51. The number of nitrogens with one attached hydrogen (secondary N) is 2. The van der Waals surface area contributed by atoms with Crippen molar-refractivity contribution < 1.29 is 9.53 Å². The molecule has 1 amide bonds. The Labute approximate surface area is 140 Å². The standard InChI is InChI=1S/C16H22N6O2/c23-16(15-12-9-24-7-6-13(12)19-21-15)17-8-14-20-18-10-22(14)11-4-2-1-3-5-11/h10-11H,1-9H2,(H,17,23)(H,19,21). The van der Waals surface area contributed by atoms with E-state index in [9.17, 15) is 4.79 Å². The molecule has 24 heavy (non-hydrogen) atoms. The first-order valence-electron chi connectivity index (χ1n) is 8.63. The topological polar surface area (TPSA) is 97.7 Å². The molecular weight excluding hydrogens is 308 g/mol. The molecule has 0 atom stereocenters. The van der Waals surface area contributed by atoms with Crippen LogP contribution in [-0.4, -0.2) is 37.5 Å². The zero-order valence-electron chi connectivity index (χ0n) is 13.6. The summed E-state index contributed by atoms with van der Waals surface area (Å²) in [5.74, 6) is 0.604. The molecule has 0 unspecified atom stereocenters. The summed E-state index contributed by atoms with van der Waals surface area (Å²) < 4.78 is 7.54. The van der Waals surface area contributed by atoms with Crippen molar-refractivity contribution in [3.63, 3.8) is 0 Å². The number of H-pyrrole nitrogens is 1. The van der Waals surface area contributed by atoms with Crippen LogP contribution in [0.4, 0.5) is 0 Å². The summed E-state index contributed by atoms with van der Waals surface area (Å²) in [6, 6.07) is 0.451. The summed E-state index contributed by atoms with van der Waals surface area (Å²) in [4.78, 5) is 12.5. The molecule has 8 heteroatoms. The highest BCUT2D eigenvalue weighted by molar-refractivity contribution is 5.93. The average Bonchev–Trinajstić information content (AvgIpc) is 3.27. The van der Waals surface area contributed by atoms with E-state index in [0.717, 1.165) is 36.3 Å². The van der Waals surface area contributed by atoms with Crippen LogP contribution in [0.1, 0.15) is 65.7 Å². The molecule has 1 aliphatic carbocycles. The van der Waals surface area contributed by atoms with Crippen LogP contribution < -0.4 is 5.32 Å². The molecule has 128 valence electrons. The Kier molecular flexibility index (Phi) is 4.29. The molecule has 0 spiro atoms. The van der Waals surface area contributed by atoms with Crippen LogP contribution in [-0.2, 0) is 24.3 Å². The second-order valence-electron chi connectivity index (χ2n) is 6.46.